The van der Waals surface area contributed by atoms with Gasteiger partial charge in [-0.1, -0.05) is 88.0 Å². The van der Waals surface area contributed by atoms with Crippen molar-refractivity contribution < 1.29 is 116 Å². The molecule has 32 heteroatoms. The lowest BCUT2D eigenvalue weighted by molar-refractivity contribution is -0.154. The van der Waals surface area contributed by atoms with E-state index in [-0.39, 0.29) is 45.4 Å². The first-order valence-electron chi connectivity index (χ1n) is 26.5. The van der Waals surface area contributed by atoms with Crippen LogP contribution < -0.4 is 0 Å². The highest BCUT2D eigenvalue weighted by molar-refractivity contribution is 6.64. The number of hydrogen-bond donors (Lipinski definition) is 0. The third kappa shape index (κ3) is 28.9. The fourth-order valence-corrected chi connectivity index (χ4v) is 9.28. The zero-order valence-electron chi connectivity index (χ0n) is 50.4. The van der Waals surface area contributed by atoms with E-state index in [2.05, 4.69) is 55.0 Å². The Morgan fingerprint density at radius 1 is 0.544 bits per heavy atom. The van der Waals surface area contributed by atoms with Crippen molar-refractivity contribution in [3.63, 3.8) is 0 Å². The summed E-state index contributed by atoms with van der Waals surface area (Å²) in [7, 11) is 0. The number of ketones is 1. The number of rotatable bonds is 17. The summed E-state index contributed by atoms with van der Waals surface area (Å²) in [6.45, 7) is 21.8. The molecule has 90 heavy (non-hydrogen) atoms. The van der Waals surface area contributed by atoms with Crippen LogP contribution in [0.5, 0.6) is 0 Å². The molecule has 2 aromatic carbocycles. The monoisotopic (exact) mass is 1390 g/mol. The van der Waals surface area contributed by atoms with Crippen LogP contribution in [0.25, 0.3) is 22.1 Å². The lowest BCUT2D eigenvalue weighted by atomic mass is 9.78. The van der Waals surface area contributed by atoms with Gasteiger partial charge in [0.1, 0.15) is 11.3 Å². The van der Waals surface area contributed by atoms with Crippen LogP contribution in [-0.4, -0.2) is 55.3 Å². The third-order valence-corrected chi connectivity index (χ3v) is 14.6. The highest BCUT2D eigenvalue weighted by Gasteiger charge is 2.38. The normalized spacial score (nSPS) is 11.7. The SMILES string of the molecule is CCOC(=O)C(C)(C)Cc1c(C(=O)C2CCC2)c2cc(C(C)C)cnc2n1Cc1ccc(Cl)cc1.CCOC(=O)C(C)(C)Cc1cc2cc(C(C)C)cnc2n1Cc1ccc(Cl)cc1.F.FF.FF.FF.FF.FF.FF.FF.FF.FF.O=C(Cl)C1CCC1. The van der Waals surface area contributed by atoms with Crippen molar-refractivity contribution >= 4 is 79.8 Å². The number of carbonyl (C=O) groups is 4. The van der Waals surface area contributed by atoms with Crippen molar-refractivity contribution in [1.29, 1.82) is 0 Å². The molecule has 0 bridgehead atoms. The molecule has 10 nitrogen and oxygen atoms in total. The Hall–Kier alpha value is -6.36. The molecule has 0 atom stereocenters. The van der Waals surface area contributed by atoms with E-state index < -0.39 is 10.8 Å². The molecule has 0 unspecified atom stereocenters. The van der Waals surface area contributed by atoms with E-state index >= 15 is 0 Å². The van der Waals surface area contributed by atoms with E-state index in [1.54, 1.807) is 0 Å². The Bertz CT molecular complexity index is 2880. The number of fused-ring (bicyclic) bond motifs is 2. The van der Waals surface area contributed by atoms with Crippen LogP contribution >= 0.6 is 34.8 Å². The number of esters is 2. The lowest BCUT2D eigenvalue weighted by Crippen LogP contribution is -2.31. The molecule has 4 heterocycles. The van der Waals surface area contributed by atoms with Gasteiger partial charge < -0.3 is 18.6 Å². The van der Waals surface area contributed by atoms with Gasteiger partial charge in [0.25, 0.3) is 0 Å². The summed E-state index contributed by atoms with van der Waals surface area (Å²) in [4.78, 5) is 59.0. The fourth-order valence-electron chi connectivity index (χ4n) is 8.81. The number of ether oxygens (including phenoxy) is 2. The summed E-state index contributed by atoms with van der Waals surface area (Å²) < 4.78 is 159. The molecular weight excluding hydrogens is 1320 g/mol. The first-order chi connectivity index (χ1) is 42.6. The first kappa shape index (κ1) is 92.4. The van der Waals surface area contributed by atoms with E-state index in [0.29, 0.717) is 50.1 Å². The number of aromatic nitrogens is 4. The van der Waals surface area contributed by atoms with Crippen molar-refractivity contribution in [2.75, 3.05) is 13.2 Å². The zero-order valence-corrected chi connectivity index (χ0v) is 52.7. The van der Waals surface area contributed by atoms with Crippen LogP contribution in [0.1, 0.15) is 164 Å². The van der Waals surface area contributed by atoms with Crippen LogP contribution in [0.3, 0.4) is 0 Å². The highest BCUT2D eigenvalue weighted by Crippen LogP contribution is 2.39. The van der Waals surface area contributed by atoms with Gasteiger partial charge in [0.15, 0.2) is 5.78 Å². The Kier molecular flexibility index (Phi) is 52.6. The van der Waals surface area contributed by atoms with Crippen LogP contribution in [-0.2, 0) is 49.8 Å². The molecule has 514 valence electrons. The molecule has 0 spiro atoms. The Labute approximate surface area is 522 Å². The second kappa shape index (κ2) is 51.3. The smallest absolute Gasteiger partial charge is 0.311 e. The molecular formula is C58H72Cl3F19N4O6. The van der Waals surface area contributed by atoms with Gasteiger partial charge in [-0.2, -0.15) is 0 Å². The van der Waals surface area contributed by atoms with Crippen molar-refractivity contribution in [2.45, 2.75) is 146 Å². The number of carbonyl (C=O) groups excluding carboxylic acids is 4. The minimum absolute atomic E-state index is 0. The van der Waals surface area contributed by atoms with E-state index in [1.165, 1.54) is 12.0 Å². The van der Waals surface area contributed by atoms with E-state index in [0.717, 1.165) is 92.8 Å². The van der Waals surface area contributed by atoms with Crippen LogP contribution in [0.15, 0.2) is 79.1 Å². The molecule has 0 saturated heterocycles. The van der Waals surface area contributed by atoms with Gasteiger partial charge in [0, 0.05) is 170 Å². The van der Waals surface area contributed by atoms with Gasteiger partial charge in [-0.05, 0) is 155 Å². The predicted octanol–water partition coefficient (Wildman–Crippen LogP) is 22.2. The molecule has 0 amide bonds. The van der Waals surface area contributed by atoms with Crippen molar-refractivity contribution in [3.05, 3.63) is 128 Å². The molecule has 2 aliphatic carbocycles. The number of pyridine rings is 2. The van der Waals surface area contributed by atoms with Gasteiger partial charge >= 0.3 is 11.9 Å². The zero-order chi connectivity index (χ0) is 69.8. The van der Waals surface area contributed by atoms with Gasteiger partial charge in [0.05, 0.1) is 24.0 Å². The molecule has 4 aromatic heterocycles. The van der Waals surface area contributed by atoms with E-state index in [9.17, 15) is 19.2 Å². The Balaban J connectivity index is -0.000000393. The summed E-state index contributed by atoms with van der Waals surface area (Å²) in [5.41, 5.74) is 7.44. The summed E-state index contributed by atoms with van der Waals surface area (Å²) in [6, 6.07) is 22.0. The number of halogens is 22. The molecule has 2 aliphatic rings. The standard InChI is InChI=1S/C29H35ClN2O3.C24H29ClN2O2.C5H7ClO.9F2.FH/c1-6-35-28(34)29(4,5)15-24-25(26(33)20-8-7-9-20)23-14-21(18(2)3)16-31-27(23)32(24)17-19-10-12-22(30)13-11-19;1-6-29-23(28)24(4,5)13-21-12-18-11-19(16(2)3)14-26-22(18)27(21)15-17-7-9-20(25)10-8-17;6-5(7)4-2-1-3-4;9*1-2;/h10-14,16,18,20H,6-9,15,17H2,1-5H3;7-12,14,16H,6,13,15H2,1-5H3;4H,1-3H2;;;;;;;;;;1H. The maximum Gasteiger partial charge on any atom is 0.311 e. The molecule has 2 fully saturated rings. The summed E-state index contributed by atoms with van der Waals surface area (Å²) in [5, 5.41) is 3.23. The Morgan fingerprint density at radius 2 is 0.911 bits per heavy atom. The van der Waals surface area contributed by atoms with Crippen molar-refractivity contribution in [3.8, 4) is 0 Å². The summed E-state index contributed by atoms with van der Waals surface area (Å²) in [5.74, 6) is 0.677. The van der Waals surface area contributed by atoms with Gasteiger partial charge in [0.2, 0.25) is 5.24 Å². The maximum absolute atomic E-state index is 13.9. The average molecular weight is 1390 g/mol. The molecule has 0 radical (unpaired) electrons. The topological polar surface area (TPSA) is 122 Å². The molecule has 8 rings (SSSR count). The van der Waals surface area contributed by atoms with Crippen LogP contribution in [0.2, 0.25) is 10.0 Å². The maximum atomic E-state index is 13.9. The third-order valence-electron chi connectivity index (χ3n) is 13.7. The minimum atomic E-state index is -0.794. The Morgan fingerprint density at radius 3 is 1.26 bits per heavy atom. The second-order valence-corrected chi connectivity index (χ2v) is 22.2. The van der Waals surface area contributed by atoms with E-state index in [1.807, 2.05) is 102 Å². The summed E-state index contributed by atoms with van der Waals surface area (Å²) >= 11 is 17.3. The number of hydrogen-bond acceptors (Lipinski definition) is 8. The van der Waals surface area contributed by atoms with E-state index in [4.69, 9.17) is 137 Å². The quantitative estimate of drug-likeness (QED) is 0.0383. The number of Topliss-reactive ketones (excluding diaryl/α,β-unsaturated/α-hetero) is 1. The summed E-state index contributed by atoms with van der Waals surface area (Å²) in [6.07, 6.45) is 11.0. The number of benzene rings is 2. The molecule has 0 aliphatic heterocycles. The second-order valence-electron chi connectivity index (χ2n) is 21.0. The van der Waals surface area contributed by atoms with Crippen LogP contribution in [0, 0.1) is 22.7 Å². The minimum Gasteiger partial charge on any atom is -0.466 e. The number of nitrogens with zero attached hydrogens (tertiary/aromatic N) is 4. The highest BCUT2D eigenvalue weighted by atomic mass is 35.5. The van der Waals surface area contributed by atoms with Crippen molar-refractivity contribution in [2.24, 2.45) is 22.7 Å². The lowest BCUT2D eigenvalue weighted by Gasteiger charge is -2.27. The predicted molar refractivity (Wildman–Crippen MR) is 309 cm³/mol. The first-order valence-corrected chi connectivity index (χ1v) is 27.6. The van der Waals surface area contributed by atoms with Gasteiger partial charge in [-0.15, -0.1) is 0 Å². The molecule has 2 saturated carbocycles. The van der Waals surface area contributed by atoms with Gasteiger partial charge in [-0.3, -0.25) is 23.9 Å². The largest absolute Gasteiger partial charge is 0.466 e. The fraction of sp³-hybridized carbons (Fsp3) is 0.483. The van der Waals surface area contributed by atoms with Crippen molar-refractivity contribution in [1.82, 2.24) is 19.1 Å². The van der Waals surface area contributed by atoms with Crippen LogP contribution in [0.4, 0.5) is 87.0 Å². The van der Waals surface area contributed by atoms with Gasteiger partial charge in [-0.25, -0.2) is 9.97 Å². The average Bonchev–Trinajstić information content (AvgIpc) is 1.62. The molecule has 0 N–H and O–H groups in total. The molecule has 6 aromatic rings.